The quantitative estimate of drug-likeness (QED) is 0.614. The van der Waals surface area contributed by atoms with Crippen LogP contribution in [0.2, 0.25) is 0 Å². The molecule has 3 nitrogen and oxygen atoms in total. The van der Waals surface area contributed by atoms with Gasteiger partial charge in [0.1, 0.15) is 6.61 Å². The fraction of sp³-hybridized carbons (Fsp3) is 0.273. The molecule has 0 saturated carbocycles. The summed E-state index contributed by atoms with van der Waals surface area (Å²) in [6, 6.07) is 4.22. The van der Waals surface area contributed by atoms with Gasteiger partial charge < -0.3 is 0 Å². The largest absolute Gasteiger partial charge is 0.416 e. The highest BCUT2D eigenvalue weighted by atomic mass is 32.2. The van der Waals surface area contributed by atoms with Gasteiger partial charge in [-0.25, -0.2) is 0 Å². The zero-order valence-corrected chi connectivity index (χ0v) is 10.1. The number of hydrogen-bond acceptors (Lipinski definition) is 3. The highest BCUT2D eigenvalue weighted by Crippen LogP contribution is 2.28. The summed E-state index contributed by atoms with van der Waals surface area (Å²) >= 11 is 0. The van der Waals surface area contributed by atoms with Crippen LogP contribution in [0.25, 0.3) is 0 Å². The summed E-state index contributed by atoms with van der Waals surface area (Å²) in [5.74, 6) is 4.87. The van der Waals surface area contributed by atoms with Crippen molar-refractivity contribution in [1.82, 2.24) is 0 Å². The van der Waals surface area contributed by atoms with Crippen LogP contribution < -0.4 is 0 Å². The Bertz CT molecular complexity index is 562. The molecule has 7 heteroatoms. The van der Waals surface area contributed by atoms with Crippen LogP contribution in [-0.2, 0) is 20.5 Å². The van der Waals surface area contributed by atoms with Gasteiger partial charge in [-0.3, -0.25) is 4.18 Å². The first-order valence-electron chi connectivity index (χ1n) is 4.69. The van der Waals surface area contributed by atoms with E-state index in [1.807, 2.05) is 0 Å². The third-order valence-electron chi connectivity index (χ3n) is 1.79. The average molecular weight is 278 g/mol. The van der Waals surface area contributed by atoms with Crippen molar-refractivity contribution in [2.24, 2.45) is 0 Å². The van der Waals surface area contributed by atoms with Gasteiger partial charge in [0.25, 0.3) is 10.1 Å². The molecule has 0 heterocycles. The second-order valence-corrected chi connectivity index (χ2v) is 4.99. The molecule has 0 bridgehead atoms. The Labute approximate surface area is 103 Å². The van der Waals surface area contributed by atoms with E-state index in [1.165, 1.54) is 12.1 Å². The minimum absolute atomic E-state index is 0.333. The third kappa shape index (κ3) is 5.21. The number of hydrogen-bond donors (Lipinski definition) is 0. The molecule has 1 aromatic rings. The van der Waals surface area contributed by atoms with E-state index in [9.17, 15) is 21.6 Å². The van der Waals surface area contributed by atoms with Crippen molar-refractivity contribution in [2.75, 3.05) is 12.9 Å². The molecule has 0 radical (unpaired) electrons. The van der Waals surface area contributed by atoms with Crippen molar-refractivity contribution in [2.45, 2.75) is 6.18 Å². The Hall–Kier alpha value is -1.52. The van der Waals surface area contributed by atoms with E-state index < -0.39 is 21.9 Å². The van der Waals surface area contributed by atoms with Crippen LogP contribution in [0.1, 0.15) is 11.1 Å². The van der Waals surface area contributed by atoms with E-state index in [0.717, 1.165) is 18.4 Å². The number of rotatable bonds is 2. The monoisotopic (exact) mass is 278 g/mol. The molecule has 0 unspecified atom stereocenters. The zero-order chi connectivity index (χ0) is 13.8. The maximum Gasteiger partial charge on any atom is 0.416 e. The van der Waals surface area contributed by atoms with Gasteiger partial charge in [-0.15, -0.1) is 0 Å². The summed E-state index contributed by atoms with van der Waals surface area (Å²) in [6.45, 7) is -0.333. The number of halogens is 3. The third-order valence-corrected chi connectivity index (χ3v) is 2.34. The molecule has 0 aliphatic heterocycles. The molecule has 18 heavy (non-hydrogen) atoms. The molecular formula is C11H9F3O3S. The van der Waals surface area contributed by atoms with E-state index >= 15 is 0 Å². The SMILES string of the molecule is CS(=O)(=O)OCC#Cc1ccc(C(F)(F)F)cc1. The van der Waals surface area contributed by atoms with Crippen molar-refractivity contribution in [3.63, 3.8) is 0 Å². The molecule has 0 amide bonds. The minimum Gasteiger partial charge on any atom is -0.257 e. The number of alkyl halides is 3. The zero-order valence-electron chi connectivity index (χ0n) is 9.28. The predicted molar refractivity (Wildman–Crippen MR) is 59.1 cm³/mol. The van der Waals surface area contributed by atoms with E-state index in [4.69, 9.17) is 0 Å². The first kappa shape index (κ1) is 14.5. The lowest BCUT2D eigenvalue weighted by Gasteiger charge is -2.05. The molecule has 1 aromatic carbocycles. The van der Waals surface area contributed by atoms with Gasteiger partial charge in [0.2, 0.25) is 0 Å². The Morgan fingerprint density at radius 1 is 1.22 bits per heavy atom. The molecule has 0 spiro atoms. The normalized spacial score (nSPS) is 11.8. The minimum atomic E-state index is -4.38. The van der Waals surface area contributed by atoms with Gasteiger partial charge in [-0.1, -0.05) is 11.8 Å². The van der Waals surface area contributed by atoms with Crippen LogP contribution in [-0.4, -0.2) is 21.3 Å². The van der Waals surface area contributed by atoms with Crippen molar-refractivity contribution in [1.29, 1.82) is 0 Å². The van der Waals surface area contributed by atoms with Crippen LogP contribution >= 0.6 is 0 Å². The second-order valence-electron chi connectivity index (χ2n) is 3.34. The highest BCUT2D eigenvalue weighted by molar-refractivity contribution is 7.85. The lowest BCUT2D eigenvalue weighted by molar-refractivity contribution is -0.137. The van der Waals surface area contributed by atoms with Crippen LogP contribution in [0.3, 0.4) is 0 Å². The fourth-order valence-corrected chi connectivity index (χ4v) is 1.29. The Morgan fingerprint density at radius 3 is 2.22 bits per heavy atom. The Kier molecular flexibility index (Phi) is 4.38. The summed E-state index contributed by atoms with van der Waals surface area (Å²) in [4.78, 5) is 0. The van der Waals surface area contributed by atoms with Gasteiger partial charge >= 0.3 is 6.18 Å². The lowest BCUT2D eigenvalue weighted by Crippen LogP contribution is -2.04. The maximum atomic E-state index is 12.2. The smallest absolute Gasteiger partial charge is 0.257 e. The van der Waals surface area contributed by atoms with Crippen LogP contribution in [0.4, 0.5) is 13.2 Å². The second kappa shape index (κ2) is 5.42. The molecule has 0 aliphatic carbocycles. The summed E-state index contributed by atoms with van der Waals surface area (Å²) in [6.07, 6.45) is -3.50. The van der Waals surface area contributed by atoms with Crippen LogP contribution in [0.15, 0.2) is 24.3 Å². The van der Waals surface area contributed by atoms with Gasteiger partial charge in [-0.05, 0) is 24.3 Å². The van der Waals surface area contributed by atoms with Crippen molar-refractivity contribution in [3.05, 3.63) is 35.4 Å². The van der Waals surface area contributed by atoms with Crippen molar-refractivity contribution >= 4 is 10.1 Å². The summed E-state index contributed by atoms with van der Waals surface area (Å²) < 4.78 is 62.2. The fourth-order valence-electron chi connectivity index (χ4n) is 1.02. The van der Waals surface area contributed by atoms with Gasteiger partial charge in [0, 0.05) is 5.56 Å². The maximum absolute atomic E-state index is 12.2. The van der Waals surface area contributed by atoms with Gasteiger partial charge in [-0.2, -0.15) is 21.6 Å². The summed E-state index contributed by atoms with van der Waals surface area (Å²) in [5, 5.41) is 0. The van der Waals surface area contributed by atoms with Crippen molar-refractivity contribution < 1.29 is 25.8 Å². The Morgan fingerprint density at radius 2 is 1.78 bits per heavy atom. The molecule has 0 aliphatic rings. The predicted octanol–water partition coefficient (Wildman–Crippen LogP) is 2.03. The molecule has 0 N–H and O–H groups in total. The van der Waals surface area contributed by atoms with Gasteiger partial charge in [0.05, 0.1) is 11.8 Å². The standard InChI is InChI=1S/C11H9F3O3S/c1-18(15,16)17-8-2-3-9-4-6-10(7-5-9)11(12,13)14/h4-7H,8H2,1H3. The molecule has 1 rings (SSSR count). The first-order valence-corrected chi connectivity index (χ1v) is 6.51. The van der Waals surface area contributed by atoms with E-state index in [1.54, 1.807) is 0 Å². The van der Waals surface area contributed by atoms with Crippen LogP contribution in [0, 0.1) is 11.8 Å². The van der Waals surface area contributed by atoms with E-state index in [2.05, 4.69) is 16.0 Å². The average Bonchev–Trinajstić information content (AvgIpc) is 2.22. The molecule has 0 atom stereocenters. The van der Waals surface area contributed by atoms with E-state index in [0.29, 0.717) is 5.56 Å². The van der Waals surface area contributed by atoms with Crippen LogP contribution in [0.5, 0.6) is 0 Å². The molecule has 0 aromatic heterocycles. The topological polar surface area (TPSA) is 43.4 Å². The summed E-state index contributed by atoms with van der Waals surface area (Å²) in [7, 11) is -3.56. The highest BCUT2D eigenvalue weighted by Gasteiger charge is 2.29. The van der Waals surface area contributed by atoms with Crippen molar-refractivity contribution in [3.8, 4) is 11.8 Å². The molecule has 0 fully saturated rings. The Balaban J connectivity index is 2.68. The lowest BCUT2D eigenvalue weighted by atomic mass is 10.1. The van der Waals surface area contributed by atoms with Gasteiger partial charge in [0.15, 0.2) is 0 Å². The van der Waals surface area contributed by atoms with E-state index in [-0.39, 0.29) is 6.61 Å². The molecule has 98 valence electrons. The molecule has 0 saturated heterocycles. The first-order chi connectivity index (χ1) is 8.18. The number of benzene rings is 1. The molecular weight excluding hydrogens is 269 g/mol. The summed E-state index contributed by atoms with van der Waals surface area (Å²) in [5.41, 5.74) is -0.416.